The van der Waals surface area contributed by atoms with Gasteiger partial charge in [-0.05, 0) is 48.5 Å². The van der Waals surface area contributed by atoms with Gasteiger partial charge in [0.2, 0.25) is 15.9 Å². The minimum atomic E-state index is -3.54. The molecule has 3 rings (SSSR count). The van der Waals surface area contributed by atoms with E-state index >= 15 is 0 Å². The maximum atomic E-state index is 12.6. The van der Waals surface area contributed by atoms with Crippen molar-refractivity contribution >= 4 is 33.2 Å². The van der Waals surface area contributed by atoms with Crippen LogP contribution in [0.1, 0.15) is 6.42 Å². The quantitative estimate of drug-likeness (QED) is 0.738. The second-order valence-corrected chi connectivity index (χ2v) is 8.52. The SMILES string of the molecule is O=C(CCOc1ccc(Cl)cc1)Nc1ccc(S(=O)(=O)N2CCOCC2)cc1. The van der Waals surface area contributed by atoms with Gasteiger partial charge in [-0.1, -0.05) is 11.6 Å². The highest BCUT2D eigenvalue weighted by Crippen LogP contribution is 2.20. The molecule has 1 amide bonds. The first-order valence-electron chi connectivity index (χ1n) is 8.81. The summed E-state index contributed by atoms with van der Waals surface area (Å²) in [5.74, 6) is 0.410. The van der Waals surface area contributed by atoms with Crippen LogP contribution in [0.25, 0.3) is 0 Å². The van der Waals surface area contributed by atoms with Gasteiger partial charge in [0.1, 0.15) is 5.75 Å². The number of ether oxygens (including phenoxy) is 2. The molecule has 0 atom stereocenters. The minimum Gasteiger partial charge on any atom is -0.493 e. The van der Waals surface area contributed by atoms with Crippen LogP contribution in [0.4, 0.5) is 5.69 Å². The molecule has 0 spiro atoms. The smallest absolute Gasteiger partial charge is 0.243 e. The van der Waals surface area contributed by atoms with Gasteiger partial charge in [-0.15, -0.1) is 0 Å². The second-order valence-electron chi connectivity index (χ2n) is 6.14. The Morgan fingerprint density at radius 1 is 1.07 bits per heavy atom. The van der Waals surface area contributed by atoms with Crippen LogP contribution in [0, 0.1) is 0 Å². The molecule has 0 aliphatic carbocycles. The Balaban J connectivity index is 1.50. The molecule has 9 heteroatoms. The summed E-state index contributed by atoms with van der Waals surface area (Å²) in [7, 11) is -3.54. The number of sulfonamides is 1. The lowest BCUT2D eigenvalue weighted by molar-refractivity contribution is -0.116. The van der Waals surface area contributed by atoms with E-state index in [0.717, 1.165) is 0 Å². The standard InChI is InChI=1S/C19H21ClN2O5S/c20-15-1-5-17(6-2-15)27-12-9-19(23)21-16-3-7-18(8-4-16)28(24,25)22-10-13-26-14-11-22/h1-8H,9-14H2,(H,21,23). The number of benzene rings is 2. The van der Waals surface area contributed by atoms with Crippen LogP contribution in [-0.4, -0.2) is 51.5 Å². The predicted octanol–water partition coefficient (Wildman–Crippen LogP) is 2.77. The molecule has 1 heterocycles. The lowest BCUT2D eigenvalue weighted by Gasteiger charge is -2.26. The van der Waals surface area contributed by atoms with Crippen molar-refractivity contribution in [2.24, 2.45) is 0 Å². The first kappa shape index (κ1) is 20.6. The monoisotopic (exact) mass is 424 g/mol. The van der Waals surface area contributed by atoms with E-state index in [1.807, 2.05) is 0 Å². The molecular weight excluding hydrogens is 404 g/mol. The van der Waals surface area contributed by atoms with Gasteiger partial charge in [-0.2, -0.15) is 4.31 Å². The van der Waals surface area contributed by atoms with Crippen LogP contribution < -0.4 is 10.1 Å². The minimum absolute atomic E-state index is 0.163. The first-order valence-corrected chi connectivity index (χ1v) is 10.6. The average molecular weight is 425 g/mol. The zero-order valence-electron chi connectivity index (χ0n) is 15.1. The zero-order chi connectivity index (χ0) is 20.0. The van der Waals surface area contributed by atoms with Crippen molar-refractivity contribution in [3.63, 3.8) is 0 Å². The topological polar surface area (TPSA) is 84.9 Å². The summed E-state index contributed by atoms with van der Waals surface area (Å²) in [6.45, 7) is 1.69. The molecule has 0 saturated carbocycles. The molecular formula is C19H21ClN2O5S. The lowest BCUT2D eigenvalue weighted by Crippen LogP contribution is -2.40. The Labute approximate surface area is 169 Å². The van der Waals surface area contributed by atoms with Gasteiger partial charge in [0.15, 0.2) is 0 Å². The maximum Gasteiger partial charge on any atom is 0.243 e. The third-order valence-corrected chi connectivity index (χ3v) is 6.32. The normalized spacial score (nSPS) is 15.2. The Kier molecular flexibility index (Phi) is 6.90. The van der Waals surface area contributed by atoms with Crippen LogP contribution in [0.5, 0.6) is 5.75 Å². The van der Waals surface area contributed by atoms with Gasteiger partial charge < -0.3 is 14.8 Å². The van der Waals surface area contributed by atoms with E-state index in [-0.39, 0.29) is 23.8 Å². The molecule has 0 aromatic heterocycles. The Morgan fingerprint density at radius 3 is 2.36 bits per heavy atom. The number of halogens is 1. The van der Waals surface area contributed by atoms with Crippen LogP contribution in [-0.2, 0) is 19.6 Å². The predicted molar refractivity (Wildman–Crippen MR) is 106 cm³/mol. The number of nitrogens with one attached hydrogen (secondary N) is 1. The number of hydrogen-bond donors (Lipinski definition) is 1. The van der Waals surface area contributed by atoms with E-state index in [1.54, 1.807) is 36.4 Å². The maximum absolute atomic E-state index is 12.6. The third kappa shape index (κ3) is 5.45. The van der Waals surface area contributed by atoms with Crippen LogP contribution >= 0.6 is 11.6 Å². The third-order valence-electron chi connectivity index (χ3n) is 4.16. The number of hydrogen-bond acceptors (Lipinski definition) is 5. The summed E-state index contributed by atoms with van der Waals surface area (Å²) in [5, 5.41) is 3.34. The summed E-state index contributed by atoms with van der Waals surface area (Å²) in [4.78, 5) is 12.2. The van der Waals surface area contributed by atoms with Crippen molar-refractivity contribution in [1.29, 1.82) is 0 Å². The highest BCUT2D eigenvalue weighted by molar-refractivity contribution is 7.89. The number of carbonyl (C=O) groups is 1. The van der Waals surface area contributed by atoms with Crippen molar-refractivity contribution in [2.45, 2.75) is 11.3 Å². The van der Waals surface area contributed by atoms with E-state index < -0.39 is 10.0 Å². The number of morpholine rings is 1. The Bertz CT molecular complexity index is 895. The first-order chi connectivity index (χ1) is 13.4. The number of amides is 1. The van der Waals surface area contributed by atoms with Crippen molar-refractivity contribution in [1.82, 2.24) is 4.31 Å². The molecule has 0 radical (unpaired) electrons. The Morgan fingerprint density at radius 2 is 1.71 bits per heavy atom. The summed E-state index contributed by atoms with van der Waals surface area (Å²) < 4.78 is 37.2. The molecule has 2 aromatic carbocycles. The van der Waals surface area contributed by atoms with E-state index in [4.69, 9.17) is 21.1 Å². The average Bonchev–Trinajstić information content (AvgIpc) is 2.70. The largest absolute Gasteiger partial charge is 0.493 e. The number of nitrogens with zero attached hydrogens (tertiary/aromatic N) is 1. The lowest BCUT2D eigenvalue weighted by atomic mass is 10.3. The molecule has 150 valence electrons. The van der Waals surface area contributed by atoms with Gasteiger partial charge in [0.05, 0.1) is 31.1 Å². The fourth-order valence-corrected chi connectivity index (χ4v) is 4.20. The van der Waals surface area contributed by atoms with E-state index in [9.17, 15) is 13.2 Å². The fourth-order valence-electron chi connectivity index (χ4n) is 2.66. The molecule has 1 fully saturated rings. The molecule has 7 nitrogen and oxygen atoms in total. The van der Waals surface area contributed by atoms with Gasteiger partial charge in [-0.3, -0.25) is 4.79 Å². The van der Waals surface area contributed by atoms with E-state index in [1.165, 1.54) is 16.4 Å². The van der Waals surface area contributed by atoms with Crippen LogP contribution in [0.15, 0.2) is 53.4 Å². The molecule has 1 N–H and O–H groups in total. The highest BCUT2D eigenvalue weighted by Gasteiger charge is 2.26. The highest BCUT2D eigenvalue weighted by atomic mass is 35.5. The van der Waals surface area contributed by atoms with Crippen molar-refractivity contribution in [2.75, 3.05) is 38.2 Å². The van der Waals surface area contributed by atoms with Crippen molar-refractivity contribution in [3.8, 4) is 5.75 Å². The number of rotatable bonds is 7. The molecule has 0 bridgehead atoms. The molecule has 28 heavy (non-hydrogen) atoms. The van der Waals surface area contributed by atoms with Gasteiger partial charge in [-0.25, -0.2) is 8.42 Å². The van der Waals surface area contributed by atoms with Gasteiger partial charge in [0.25, 0.3) is 0 Å². The van der Waals surface area contributed by atoms with Crippen LogP contribution in [0.2, 0.25) is 5.02 Å². The van der Waals surface area contributed by atoms with Crippen LogP contribution in [0.3, 0.4) is 0 Å². The molecule has 1 aliphatic rings. The number of anilines is 1. The molecule has 1 saturated heterocycles. The second kappa shape index (κ2) is 9.38. The summed E-state index contributed by atoms with van der Waals surface area (Å²) in [5.41, 5.74) is 0.525. The van der Waals surface area contributed by atoms with E-state index in [0.29, 0.717) is 42.8 Å². The van der Waals surface area contributed by atoms with Gasteiger partial charge in [0, 0.05) is 23.8 Å². The van der Waals surface area contributed by atoms with Crippen molar-refractivity contribution in [3.05, 3.63) is 53.6 Å². The molecule has 2 aromatic rings. The summed E-state index contributed by atoms with van der Waals surface area (Å²) >= 11 is 5.80. The molecule has 0 unspecified atom stereocenters. The summed E-state index contributed by atoms with van der Waals surface area (Å²) in [6.07, 6.45) is 0.163. The number of carbonyl (C=O) groups excluding carboxylic acids is 1. The molecule has 1 aliphatic heterocycles. The summed E-state index contributed by atoms with van der Waals surface area (Å²) in [6, 6.07) is 13.0. The van der Waals surface area contributed by atoms with Gasteiger partial charge >= 0.3 is 0 Å². The zero-order valence-corrected chi connectivity index (χ0v) is 16.7. The van der Waals surface area contributed by atoms with E-state index in [2.05, 4.69) is 5.32 Å². The van der Waals surface area contributed by atoms with Crippen molar-refractivity contribution < 1.29 is 22.7 Å². The Hall–Kier alpha value is -2.13. The fraction of sp³-hybridized carbons (Fsp3) is 0.316.